The number of alkyl halides is 3. The molecule has 0 saturated heterocycles. The highest BCUT2D eigenvalue weighted by Gasteiger charge is 2.30. The van der Waals surface area contributed by atoms with Gasteiger partial charge in [-0.25, -0.2) is 9.18 Å². The Labute approximate surface area is 174 Å². The van der Waals surface area contributed by atoms with Crippen LogP contribution in [0.1, 0.15) is 17.3 Å². The fourth-order valence-corrected chi connectivity index (χ4v) is 2.49. The van der Waals surface area contributed by atoms with Crippen LogP contribution in [-0.4, -0.2) is 34.7 Å². The third kappa shape index (κ3) is 6.43. The summed E-state index contributed by atoms with van der Waals surface area (Å²) in [5.41, 5.74) is -0.818. The predicted octanol–water partition coefficient (Wildman–Crippen LogP) is 4.51. The number of ether oxygens (including phenoxy) is 1. The van der Waals surface area contributed by atoms with Gasteiger partial charge in [0.2, 0.25) is 0 Å². The van der Waals surface area contributed by atoms with E-state index < -0.39 is 17.8 Å². The monoisotopic (exact) mass is 438 g/mol. The third-order valence-corrected chi connectivity index (χ3v) is 4.14. The van der Waals surface area contributed by atoms with Gasteiger partial charge in [-0.1, -0.05) is 11.2 Å². The average molecular weight is 438 g/mol. The van der Waals surface area contributed by atoms with E-state index in [1.165, 1.54) is 48.3 Å². The highest BCUT2D eigenvalue weighted by Crippen LogP contribution is 2.30. The first kappa shape index (κ1) is 22.1. The van der Waals surface area contributed by atoms with Crippen molar-refractivity contribution in [3.05, 3.63) is 71.6 Å². The minimum atomic E-state index is -4.50. The van der Waals surface area contributed by atoms with Gasteiger partial charge in [-0.3, -0.25) is 0 Å². The predicted molar refractivity (Wildman–Crippen MR) is 102 cm³/mol. The van der Waals surface area contributed by atoms with Crippen LogP contribution < -0.4 is 10.1 Å². The van der Waals surface area contributed by atoms with E-state index in [4.69, 9.17) is 9.26 Å². The Morgan fingerprint density at radius 1 is 1.19 bits per heavy atom. The molecule has 1 heterocycles. The van der Waals surface area contributed by atoms with E-state index in [1.807, 2.05) is 0 Å². The van der Waals surface area contributed by atoms with Crippen LogP contribution >= 0.6 is 0 Å². The van der Waals surface area contributed by atoms with Gasteiger partial charge in [0.25, 0.3) is 5.89 Å². The highest BCUT2D eigenvalue weighted by molar-refractivity contribution is 5.89. The first-order chi connectivity index (χ1) is 14.7. The van der Waals surface area contributed by atoms with E-state index in [-0.39, 0.29) is 37.0 Å². The molecule has 31 heavy (non-hydrogen) atoms. The second-order valence-electron chi connectivity index (χ2n) is 6.53. The minimum Gasteiger partial charge on any atom is -0.484 e. The summed E-state index contributed by atoms with van der Waals surface area (Å²) in [4.78, 5) is 17.6. The van der Waals surface area contributed by atoms with Crippen LogP contribution in [-0.2, 0) is 19.2 Å². The van der Waals surface area contributed by atoms with Crippen LogP contribution in [0.2, 0.25) is 0 Å². The Kier molecular flexibility index (Phi) is 6.73. The molecule has 0 bridgehead atoms. The molecule has 0 fully saturated rings. The lowest BCUT2D eigenvalue weighted by Gasteiger charge is -2.17. The van der Waals surface area contributed by atoms with Crippen LogP contribution in [0.15, 0.2) is 53.1 Å². The van der Waals surface area contributed by atoms with E-state index in [1.54, 1.807) is 0 Å². The number of benzene rings is 2. The lowest BCUT2D eigenvalue weighted by molar-refractivity contribution is -0.137. The highest BCUT2D eigenvalue weighted by atomic mass is 19.4. The largest absolute Gasteiger partial charge is 0.484 e. The number of urea groups is 1. The molecule has 0 atom stereocenters. The molecule has 2 amide bonds. The number of carbonyl (C=O) groups excluding carboxylic acids is 1. The molecule has 0 spiro atoms. The van der Waals surface area contributed by atoms with Gasteiger partial charge < -0.3 is 19.5 Å². The van der Waals surface area contributed by atoms with E-state index in [0.29, 0.717) is 11.6 Å². The van der Waals surface area contributed by atoms with Gasteiger partial charge in [0.15, 0.2) is 12.4 Å². The van der Waals surface area contributed by atoms with Crippen LogP contribution in [0.3, 0.4) is 0 Å². The van der Waals surface area contributed by atoms with Gasteiger partial charge in [0.05, 0.1) is 5.56 Å². The molecular weight excluding hydrogens is 420 g/mol. The lowest BCUT2D eigenvalue weighted by Crippen LogP contribution is -2.33. The normalized spacial score (nSPS) is 11.3. The fraction of sp³-hybridized carbons (Fsp3) is 0.250. The van der Waals surface area contributed by atoms with Crippen LogP contribution in [0.4, 0.5) is 28.0 Å². The Bertz CT molecular complexity index is 1020. The van der Waals surface area contributed by atoms with Gasteiger partial charge in [-0.2, -0.15) is 18.2 Å². The van der Waals surface area contributed by atoms with E-state index >= 15 is 0 Å². The Morgan fingerprint density at radius 3 is 2.65 bits per heavy atom. The van der Waals surface area contributed by atoms with E-state index in [9.17, 15) is 22.4 Å². The maximum absolute atomic E-state index is 12.9. The van der Waals surface area contributed by atoms with Gasteiger partial charge >= 0.3 is 12.2 Å². The van der Waals surface area contributed by atoms with Crippen LogP contribution in [0, 0.1) is 5.82 Å². The van der Waals surface area contributed by atoms with Crippen molar-refractivity contribution in [1.29, 1.82) is 0 Å². The summed E-state index contributed by atoms with van der Waals surface area (Å²) in [5.74, 6) is 0.590. The van der Waals surface area contributed by atoms with Gasteiger partial charge in [-0.05, 0) is 42.5 Å². The standard InChI is InChI=1S/C20H18F4N4O3/c1-28(19(29)25-15-4-2-3-13(11-15)20(22,23)24)10-9-17-26-18(31-27-17)12-30-16-7-5-14(21)6-8-16/h2-8,11H,9-10,12H2,1H3,(H,25,29). The first-order valence-electron chi connectivity index (χ1n) is 9.10. The van der Waals surface area contributed by atoms with Gasteiger partial charge in [-0.15, -0.1) is 0 Å². The maximum Gasteiger partial charge on any atom is 0.416 e. The topological polar surface area (TPSA) is 80.5 Å². The summed E-state index contributed by atoms with van der Waals surface area (Å²) in [5, 5.41) is 6.20. The Hall–Kier alpha value is -3.63. The quantitative estimate of drug-likeness (QED) is 0.549. The molecule has 3 rings (SSSR count). The molecule has 0 aliphatic carbocycles. The molecule has 2 aromatic carbocycles. The van der Waals surface area contributed by atoms with E-state index in [0.717, 1.165) is 12.1 Å². The molecule has 1 aromatic heterocycles. The molecule has 11 heteroatoms. The molecule has 0 saturated carbocycles. The van der Waals surface area contributed by atoms with Crippen molar-refractivity contribution in [3.63, 3.8) is 0 Å². The molecule has 0 aliphatic rings. The summed E-state index contributed by atoms with van der Waals surface area (Å²) in [7, 11) is 1.49. The summed E-state index contributed by atoms with van der Waals surface area (Å²) >= 11 is 0. The summed E-state index contributed by atoms with van der Waals surface area (Å²) in [6.07, 6.45) is -4.24. The molecule has 0 aliphatic heterocycles. The number of hydrogen-bond donors (Lipinski definition) is 1. The average Bonchev–Trinajstić information content (AvgIpc) is 3.19. The van der Waals surface area contributed by atoms with Crippen molar-refractivity contribution in [2.24, 2.45) is 0 Å². The number of halogens is 4. The van der Waals surface area contributed by atoms with Crippen LogP contribution in [0.5, 0.6) is 5.75 Å². The van der Waals surface area contributed by atoms with Crippen molar-refractivity contribution in [3.8, 4) is 5.75 Å². The smallest absolute Gasteiger partial charge is 0.416 e. The summed E-state index contributed by atoms with van der Waals surface area (Å²) < 4.78 is 61.7. The second-order valence-corrected chi connectivity index (χ2v) is 6.53. The number of anilines is 1. The molecule has 0 unspecified atom stereocenters. The Balaban J connectivity index is 1.47. The SMILES string of the molecule is CN(CCc1noc(COc2ccc(F)cc2)n1)C(=O)Nc1cccc(C(F)(F)F)c1. The van der Waals surface area contributed by atoms with Crippen LogP contribution in [0.25, 0.3) is 0 Å². The molecule has 0 radical (unpaired) electrons. The lowest BCUT2D eigenvalue weighted by atomic mass is 10.2. The molecular formula is C20H18F4N4O3. The van der Waals surface area contributed by atoms with Gasteiger partial charge in [0, 0.05) is 25.7 Å². The number of aromatic nitrogens is 2. The number of rotatable bonds is 7. The first-order valence-corrected chi connectivity index (χ1v) is 9.10. The summed E-state index contributed by atoms with van der Waals surface area (Å²) in [6.45, 7) is 0.188. The van der Waals surface area contributed by atoms with Crippen molar-refractivity contribution in [2.45, 2.75) is 19.2 Å². The second kappa shape index (κ2) is 9.45. The number of carbonyl (C=O) groups is 1. The fourth-order valence-electron chi connectivity index (χ4n) is 2.49. The van der Waals surface area contributed by atoms with Crippen molar-refractivity contribution >= 4 is 11.7 Å². The zero-order valence-corrected chi connectivity index (χ0v) is 16.3. The van der Waals surface area contributed by atoms with Crippen molar-refractivity contribution in [1.82, 2.24) is 15.0 Å². The number of amides is 2. The Morgan fingerprint density at radius 2 is 1.94 bits per heavy atom. The van der Waals surface area contributed by atoms with Gasteiger partial charge in [0.1, 0.15) is 11.6 Å². The van der Waals surface area contributed by atoms with E-state index in [2.05, 4.69) is 15.5 Å². The molecule has 7 nitrogen and oxygen atoms in total. The zero-order chi connectivity index (χ0) is 22.4. The number of nitrogens with one attached hydrogen (secondary N) is 1. The number of likely N-dealkylation sites (N-methyl/N-ethyl adjacent to an activating group) is 1. The third-order valence-electron chi connectivity index (χ3n) is 4.14. The maximum atomic E-state index is 12.9. The number of hydrogen-bond acceptors (Lipinski definition) is 5. The zero-order valence-electron chi connectivity index (χ0n) is 16.3. The molecule has 1 N–H and O–H groups in total. The molecule has 3 aromatic rings. The molecule has 164 valence electrons. The van der Waals surface area contributed by atoms with Crippen molar-refractivity contribution in [2.75, 3.05) is 18.9 Å². The van der Waals surface area contributed by atoms with Crippen molar-refractivity contribution < 1.29 is 31.6 Å². The summed E-state index contributed by atoms with van der Waals surface area (Å²) in [6, 6.07) is 9.23. The minimum absolute atomic E-state index is 0.00942. The number of nitrogens with zero attached hydrogens (tertiary/aromatic N) is 3.